The number of benzene rings is 1. The summed E-state index contributed by atoms with van der Waals surface area (Å²) in [5.74, 6) is -1.42. The maximum Gasteiger partial charge on any atom is 0.332 e. The van der Waals surface area contributed by atoms with Crippen molar-refractivity contribution >= 4 is 31.8 Å². The van der Waals surface area contributed by atoms with Crippen molar-refractivity contribution in [1.82, 2.24) is 5.32 Å². The number of aliphatic hydroxyl groups excluding tert-OH is 1. The Balaban J connectivity index is 2.01. The Hall–Kier alpha value is -2.39. The van der Waals surface area contributed by atoms with Crippen LogP contribution in [0.4, 0.5) is 5.69 Å². The van der Waals surface area contributed by atoms with Crippen molar-refractivity contribution in [2.24, 2.45) is 0 Å². The van der Waals surface area contributed by atoms with E-state index in [1.165, 1.54) is 0 Å². The first-order valence-corrected chi connectivity index (χ1v) is 8.78. The van der Waals surface area contributed by atoms with Gasteiger partial charge in [0.25, 0.3) is 0 Å². The SMILES string of the molecule is [B]Cc1ccc(NC(=O)CNC=O)cc1CCC1CC(O)CC(C(=O)O)O1. The maximum atomic E-state index is 11.7. The van der Waals surface area contributed by atoms with Gasteiger partial charge in [0.2, 0.25) is 12.3 Å². The Morgan fingerprint density at radius 1 is 1.30 bits per heavy atom. The van der Waals surface area contributed by atoms with Crippen molar-refractivity contribution in [3.8, 4) is 0 Å². The summed E-state index contributed by atoms with van der Waals surface area (Å²) in [6.45, 7) is -0.123. The number of anilines is 1. The molecule has 9 heteroatoms. The smallest absolute Gasteiger partial charge is 0.332 e. The Labute approximate surface area is 158 Å². The van der Waals surface area contributed by atoms with Crippen molar-refractivity contribution in [2.75, 3.05) is 11.9 Å². The fourth-order valence-corrected chi connectivity index (χ4v) is 3.13. The number of hydrogen-bond donors (Lipinski definition) is 4. The number of aryl methyl sites for hydroxylation is 1. The van der Waals surface area contributed by atoms with Gasteiger partial charge in [-0.3, -0.25) is 9.59 Å². The number of carboxylic acids is 1. The van der Waals surface area contributed by atoms with Gasteiger partial charge in [-0.05, 0) is 37.0 Å². The van der Waals surface area contributed by atoms with E-state index >= 15 is 0 Å². The van der Waals surface area contributed by atoms with Crippen LogP contribution in [0.2, 0.25) is 0 Å². The number of aliphatic carboxylic acids is 1. The number of aliphatic hydroxyl groups is 1. The van der Waals surface area contributed by atoms with Crippen LogP contribution < -0.4 is 10.6 Å². The summed E-state index contributed by atoms with van der Waals surface area (Å²) in [6, 6.07) is 5.34. The molecule has 27 heavy (non-hydrogen) atoms. The zero-order chi connectivity index (χ0) is 19.8. The van der Waals surface area contributed by atoms with E-state index in [1.807, 2.05) is 6.07 Å². The second-order valence-corrected chi connectivity index (χ2v) is 6.48. The molecule has 0 bridgehead atoms. The molecule has 0 saturated carbocycles. The molecule has 1 heterocycles. The summed E-state index contributed by atoms with van der Waals surface area (Å²) < 4.78 is 5.55. The van der Waals surface area contributed by atoms with Crippen LogP contribution in [0.5, 0.6) is 0 Å². The van der Waals surface area contributed by atoms with E-state index in [1.54, 1.807) is 12.1 Å². The standard InChI is InChI=1S/C18H23BN2O6/c19-8-12-1-3-13(21-17(24)9-20-10-22)5-11(12)2-4-15-6-14(23)7-16(27-15)18(25)26/h1,3,5,10,14-16,23H,2,4,6-9H2,(H,20,22)(H,21,24)(H,25,26). The van der Waals surface area contributed by atoms with E-state index in [-0.39, 0.29) is 25.0 Å². The third kappa shape index (κ3) is 6.37. The summed E-state index contributed by atoms with van der Waals surface area (Å²) in [6.07, 6.45) is 0.276. The molecular weight excluding hydrogens is 351 g/mol. The molecule has 8 nitrogen and oxygen atoms in total. The summed E-state index contributed by atoms with van der Waals surface area (Å²) in [7, 11) is 5.78. The van der Waals surface area contributed by atoms with E-state index in [4.69, 9.17) is 17.7 Å². The molecule has 3 atom stereocenters. The van der Waals surface area contributed by atoms with E-state index in [2.05, 4.69) is 10.6 Å². The van der Waals surface area contributed by atoms with Gasteiger partial charge in [-0.15, -0.1) is 0 Å². The second-order valence-electron chi connectivity index (χ2n) is 6.48. The quantitative estimate of drug-likeness (QED) is 0.355. The monoisotopic (exact) mass is 374 g/mol. The van der Waals surface area contributed by atoms with Gasteiger partial charge in [-0.2, -0.15) is 0 Å². The Morgan fingerprint density at radius 3 is 2.74 bits per heavy atom. The summed E-state index contributed by atoms with van der Waals surface area (Å²) in [4.78, 5) is 33.1. The first-order chi connectivity index (χ1) is 12.9. The van der Waals surface area contributed by atoms with Gasteiger partial charge in [-0.25, -0.2) is 4.79 Å². The normalized spacial score (nSPS) is 22.0. The van der Waals surface area contributed by atoms with Crippen molar-refractivity contribution in [2.45, 2.75) is 50.3 Å². The molecule has 1 fully saturated rings. The predicted molar refractivity (Wildman–Crippen MR) is 98.5 cm³/mol. The minimum absolute atomic E-state index is 0.0935. The Morgan fingerprint density at radius 2 is 2.07 bits per heavy atom. The molecule has 2 rings (SSSR count). The van der Waals surface area contributed by atoms with Crippen molar-refractivity contribution in [3.05, 3.63) is 29.3 Å². The molecule has 1 aliphatic rings. The van der Waals surface area contributed by atoms with Gasteiger partial charge in [0, 0.05) is 12.1 Å². The molecule has 2 radical (unpaired) electrons. The number of carbonyl (C=O) groups is 3. The number of hydrogen-bond acceptors (Lipinski definition) is 5. The summed E-state index contributed by atoms with van der Waals surface area (Å²) >= 11 is 0. The van der Waals surface area contributed by atoms with E-state index in [0.717, 1.165) is 11.1 Å². The number of rotatable bonds is 9. The van der Waals surface area contributed by atoms with E-state index < -0.39 is 18.2 Å². The highest BCUT2D eigenvalue weighted by Gasteiger charge is 2.32. The predicted octanol–water partition coefficient (Wildman–Crippen LogP) is -0.0347. The number of amides is 2. The van der Waals surface area contributed by atoms with Crippen LogP contribution in [0, 0.1) is 0 Å². The molecule has 3 unspecified atom stereocenters. The zero-order valence-electron chi connectivity index (χ0n) is 14.9. The largest absolute Gasteiger partial charge is 0.479 e. The third-order valence-electron chi connectivity index (χ3n) is 4.44. The summed E-state index contributed by atoms with van der Waals surface area (Å²) in [5, 5.41) is 23.9. The molecule has 1 aliphatic heterocycles. The average molecular weight is 374 g/mol. The van der Waals surface area contributed by atoms with Crippen molar-refractivity contribution in [3.63, 3.8) is 0 Å². The second kappa shape index (κ2) is 10.1. The lowest BCUT2D eigenvalue weighted by atomic mass is 9.89. The molecular formula is C18H23BN2O6. The molecule has 1 saturated heterocycles. The topological polar surface area (TPSA) is 125 Å². The fourth-order valence-electron chi connectivity index (χ4n) is 3.13. The molecule has 144 valence electrons. The number of ether oxygens (including phenoxy) is 1. The molecule has 1 aromatic carbocycles. The van der Waals surface area contributed by atoms with Gasteiger partial charge < -0.3 is 25.6 Å². The average Bonchev–Trinajstić information content (AvgIpc) is 2.64. The van der Waals surface area contributed by atoms with Gasteiger partial charge >= 0.3 is 5.97 Å². The highest BCUT2D eigenvalue weighted by molar-refractivity contribution is 6.08. The number of carboxylic acid groups (broad SMARTS) is 1. The van der Waals surface area contributed by atoms with E-state index in [0.29, 0.717) is 37.7 Å². The van der Waals surface area contributed by atoms with Crippen LogP contribution in [0.1, 0.15) is 30.4 Å². The molecule has 0 spiro atoms. The molecule has 2 amide bonds. The van der Waals surface area contributed by atoms with Crippen LogP contribution in [0.25, 0.3) is 0 Å². The highest BCUT2D eigenvalue weighted by atomic mass is 16.5. The van der Waals surface area contributed by atoms with E-state index in [9.17, 15) is 19.5 Å². The number of nitrogens with one attached hydrogen (secondary N) is 2. The first-order valence-electron chi connectivity index (χ1n) is 8.78. The fraction of sp³-hybridized carbons (Fsp3) is 0.500. The molecule has 4 N–H and O–H groups in total. The lowest BCUT2D eigenvalue weighted by Crippen LogP contribution is -2.40. The van der Waals surface area contributed by atoms with Gasteiger partial charge in [0.1, 0.15) is 0 Å². The van der Waals surface area contributed by atoms with Gasteiger partial charge in [0.05, 0.1) is 26.6 Å². The highest BCUT2D eigenvalue weighted by Crippen LogP contribution is 2.25. The first kappa shape index (κ1) is 20.9. The maximum absolute atomic E-state index is 11.7. The molecule has 0 aliphatic carbocycles. The summed E-state index contributed by atoms with van der Waals surface area (Å²) in [5.41, 5.74) is 2.40. The number of carbonyl (C=O) groups excluding carboxylic acids is 2. The minimum Gasteiger partial charge on any atom is -0.479 e. The Bertz CT molecular complexity index is 684. The molecule has 0 aromatic heterocycles. The van der Waals surface area contributed by atoms with Crippen LogP contribution in [-0.4, -0.2) is 61.2 Å². The molecule has 1 aromatic rings. The van der Waals surface area contributed by atoms with Gasteiger partial charge in [-0.1, -0.05) is 17.9 Å². The van der Waals surface area contributed by atoms with Crippen LogP contribution in [0.3, 0.4) is 0 Å². The van der Waals surface area contributed by atoms with Crippen LogP contribution >= 0.6 is 0 Å². The lowest BCUT2D eigenvalue weighted by molar-refractivity contribution is -0.166. The van der Waals surface area contributed by atoms with Gasteiger partial charge in [0.15, 0.2) is 6.10 Å². The minimum atomic E-state index is -1.07. The third-order valence-corrected chi connectivity index (χ3v) is 4.44. The Kier molecular flexibility index (Phi) is 7.81. The zero-order valence-corrected chi connectivity index (χ0v) is 14.9. The van der Waals surface area contributed by atoms with Crippen LogP contribution in [0.15, 0.2) is 18.2 Å². The van der Waals surface area contributed by atoms with Crippen LogP contribution in [-0.2, 0) is 31.9 Å². The lowest BCUT2D eigenvalue weighted by Gasteiger charge is -2.31. The van der Waals surface area contributed by atoms with Crippen molar-refractivity contribution < 1.29 is 29.3 Å². The van der Waals surface area contributed by atoms with Crippen molar-refractivity contribution in [1.29, 1.82) is 0 Å².